The van der Waals surface area contributed by atoms with Gasteiger partial charge in [0.05, 0.1) is 0 Å². The van der Waals surface area contributed by atoms with Gasteiger partial charge in [-0.2, -0.15) is 0 Å². The summed E-state index contributed by atoms with van der Waals surface area (Å²) < 4.78 is 36.2. The maximum atomic E-state index is 6.14. The zero-order valence-corrected chi connectivity index (χ0v) is 40.3. The van der Waals surface area contributed by atoms with Crippen LogP contribution in [0.25, 0.3) is 0 Å². The average molecular weight is 839 g/mol. The van der Waals surface area contributed by atoms with Crippen molar-refractivity contribution in [2.45, 2.75) is 132 Å². The summed E-state index contributed by atoms with van der Waals surface area (Å²) in [6, 6.07) is 1.97. The minimum absolute atomic E-state index is 0.683. The summed E-state index contributed by atoms with van der Waals surface area (Å²) >= 11 is 0. The van der Waals surface area contributed by atoms with E-state index in [1.54, 1.807) is 0 Å². The van der Waals surface area contributed by atoms with E-state index in [0.29, 0.717) is 39.6 Å². The van der Waals surface area contributed by atoms with Gasteiger partial charge in [0.2, 0.25) is 0 Å². The molecule has 6 nitrogen and oxygen atoms in total. The fourth-order valence-electron chi connectivity index (χ4n) is 14.5. The van der Waals surface area contributed by atoms with Gasteiger partial charge in [0.15, 0.2) is 0 Å². The second kappa shape index (κ2) is 21.5. The van der Waals surface area contributed by atoms with Gasteiger partial charge in [-0.1, -0.05) is 50.3 Å². The third-order valence-corrected chi connectivity index (χ3v) is 23.0. The summed E-state index contributed by atoms with van der Waals surface area (Å²) in [4.78, 5) is 0. The molecule has 8 heteroatoms. The molecule has 16 atom stereocenters. The van der Waals surface area contributed by atoms with E-state index in [1.807, 2.05) is 20.8 Å². The molecule has 6 fully saturated rings. The molecule has 0 spiro atoms. The predicted molar refractivity (Wildman–Crippen MR) is 243 cm³/mol. The Kier molecular flexibility index (Phi) is 17.3. The first-order chi connectivity index (χ1) is 28.1. The Bertz CT molecular complexity index is 1320. The molecular formula is C50H86O6Si2. The largest absolute Gasteiger partial charge is 0.500 e. The first-order valence-corrected chi connectivity index (χ1v) is 28.4. The quantitative estimate of drug-likeness (QED) is 0.0848. The molecule has 58 heavy (non-hydrogen) atoms. The number of hydrogen-bond acceptors (Lipinski definition) is 6. The van der Waals surface area contributed by atoms with Crippen LogP contribution in [0.3, 0.4) is 0 Å². The fraction of sp³-hybridized carbons (Fsp3) is 0.840. The smallest absolute Gasteiger partial charge is 0.374 e. The highest BCUT2D eigenvalue weighted by Gasteiger charge is 2.60. The lowest BCUT2D eigenvalue weighted by Gasteiger charge is -2.44. The second-order valence-electron chi connectivity index (χ2n) is 19.6. The minimum atomic E-state index is -2.50. The molecule has 0 radical (unpaired) electrons. The van der Waals surface area contributed by atoms with Crippen LogP contribution in [0.1, 0.15) is 120 Å². The first kappa shape index (κ1) is 46.7. The van der Waals surface area contributed by atoms with Crippen molar-refractivity contribution in [3.05, 3.63) is 49.6 Å². The summed E-state index contributed by atoms with van der Waals surface area (Å²) in [5.74, 6) is 14.2. The Morgan fingerprint density at radius 1 is 0.483 bits per heavy atom. The molecule has 0 aromatic heterocycles. The maximum Gasteiger partial charge on any atom is 0.500 e. The number of allylic oxidation sites excluding steroid dienone is 6. The maximum absolute atomic E-state index is 6.14. The highest BCUT2D eigenvalue weighted by Crippen LogP contribution is 2.66. The van der Waals surface area contributed by atoms with Crippen LogP contribution in [0, 0.1) is 94.7 Å². The molecule has 8 aliphatic carbocycles. The standard InChI is InChI=1S/C26H46O3Si.C15H28O3Si.C9H12/c1-7-19-13-21-15-24(19)26(17(21)5)25-18(6)23-16-22(25)14-20(23)11-12-30(27-8-2,28-9-3)29-10-4;1-4-16-19(17-5-2,18-6-3)10-9-15-12-13-7-8-14(15)11-13;1-2-8-5-7-3-4-9(8)6-7/h7,17-26H,1,8-16H2,2-6H3;7-8,13-15H,4-6,9-12H2,1-3H3;2-4,7-9H,1,5-6H2. The predicted octanol–water partition coefficient (Wildman–Crippen LogP) is 12.4. The molecule has 6 saturated carbocycles. The Hall–Kier alpha value is -0.846. The van der Waals surface area contributed by atoms with Crippen molar-refractivity contribution in [2.75, 3.05) is 39.6 Å². The highest BCUT2D eigenvalue weighted by molar-refractivity contribution is 6.61. The Labute approximate surface area is 358 Å². The van der Waals surface area contributed by atoms with E-state index in [4.69, 9.17) is 26.6 Å². The van der Waals surface area contributed by atoms with Crippen LogP contribution >= 0.6 is 0 Å². The molecule has 0 N–H and O–H groups in total. The molecular weight excluding hydrogens is 753 g/mol. The Morgan fingerprint density at radius 2 is 0.983 bits per heavy atom. The van der Waals surface area contributed by atoms with Gasteiger partial charge in [-0.3, -0.25) is 0 Å². The topological polar surface area (TPSA) is 55.4 Å². The molecule has 0 aliphatic heterocycles. The number of hydrogen-bond donors (Lipinski definition) is 0. The first-order valence-electron chi connectivity index (χ1n) is 24.6. The lowest BCUT2D eigenvalue weighted by Crippen LogP contribution is -2.46. The van der Waals surface area contributed by atoms with E-state index < -0.39 is 17.6 Å². The minimum Gasteiger partial charge on any atom is -0.374 e. The van der Waals surface area contributed by atoms with E-state index in [9.17, 15) is 0 Å². The molecule has 8 bridgehead atoms. The lowest BCUT2D eigenvalue weighted by atomic mass is 9.61. The SMILES string of the molecule is C=CC1CC2C=CC1C2.C=CC1CC2CC1C(C1C3CC(CC[Si](OCC)(OCC)OCC)C(C3)C1C)C2C.CCO[Si](CCC1CC2C=CC1C2)(OCC)OCC. The third kappa shape index (κ3) is 10.3. The van der Waals surface area contributed by atoms with Crippen molar-refractivity contribution < 1.29 is 26.6 Å². The van der Waals surface area contributed by atoms with Gasteiger partial charge in [-0.25, -0.2) is 0 Å². The van der Waals surface area contributed by atoms with Crippen LogP contribution in [0.4, 0.5) is 0 Å². The summed E-state index contributed by atoms with van der Waals surface area (Å²) in [5, 5.41) is 0. The second-order valence-corrected chi connectivity index (χ2v) is 25.0. The molecule has 0 amide bonds. The normalized spacial score (nSPS) is 39.9. The van der Waals surface area contributed by atoms with E-state index >= 15 is 0 Å². The Balaban J connectivity index is 0.000000171. The van der Waals surface area contributed by atoms with Crippen LogP contribution in [0.5, 0.6) is 0 Å². The average Bonchev–Trinajstić information content (AvgIpc) is 4.09. The van der Waals surface area contributed by atoms with Gasteiger partial charge in [0.1, 0.15) is 0 Å². The van der Waals surface area contributed by atoms with Gasteiger partial charge >= 0.3 is 17.6 Å². The monoisotopic (exact) mass is 839 g/mol. The fourth-order valence-corrected chi connectivity index (χ4v) is 20.0. The third-order valence-electron chi connectivity index (χ3n) is 16.8. The Morgan fingerprint density at radius 3 is 1.38 bits per heavy atom. The highest BCUT2D eigenvalue weighted by atomic mass is 28.4. The summed E-state index contributed by atoms with van der Waals surface area (Å²) in [6.07, 6.45) is 27.7. The van der Waals surface area contributed by atoms with Gasteiger partial charge in [-0.15, -0.1) is 13.2 Å². The molecule has 0 heterocycles. The van der Waals surface area contributed by atoms with E-state index in [2.05, 4.69) is 84.2 Å². The van der Waals surface area contributed by atoms with Crippen molar-refractivity contribution >= 4 is 17.6 Å². The lowest BCUT2D eigenvalue weighted by molar-refractivity contribution is 0.0404. The van der Waals surface area contributed by atoms with E-state index in [1.165, 1.54) is 64.2 Å². The van der Waals surface area contributed by atoms with Gasteiger partial charge in [-0.05, 0) is 200 Å². The zero-order valence-electron chi connectivity index (χ0n) is 38.3. The van der Waals surface area contributed by atoms with E-state index in [0.717, 1.165) is 107 Å². The summed E-state index contributed by atoms with van der Waals surface area (Å²) in [7, 11) is -4.92. The molecule has 0 saturated heterocycles. The van der Waals surface area contributed by atoms with Crippen LogP contribution in [-0.2, 0) is 26.6 Å². The van der Waals surface area contributed by atoms with E-state index in [-0.39, 0.29) is 0 Å². The van der Waals surface area contributed by atoms with Gasteiger partial charge in [0.25, 0.3) is 0 Å². The zero-order chi connectivity index (χ0) is 41.5. The number of fused-ring (bicyclic) bond motifs is 8. The molecule has 8 rings (SSSR count). The molecule has 8 aliphatic rings. The van der Waals surface area contributed by atoms with Crippen LogP contribution in [-0.4, -0.2) is 57.3 Å². The van der Waals surface area contributed by atoms with Crippen molar-refractivity contribution in [3.8, 4) is 0 Å². The van der Waals surface area contributed by atoms with Crippen LogP contribution in [0.15, 0.2) is 49.6 Å². The van der Waals surface area contributed by atoms with Gasteiger partial charge in [0, 0.05) is 51.7 Å². The van der Waals surface area contributed by atoms with Crippen molar-refractivity contribution in [2.24, 2.45) is 94.7 Å². The molecule has 16 unspecified atom stereocenters. The van der Waals surface area contributed by atoms with Gasteiger partial charge < -0.3 is 26.6 Å². The van der Waals surface area contributed by atoms with Crippen LogP contribution in [0.2, 0.25) is 12.1 Å². The molecule has 0 aromatic rings. The summed E-state index contributed by atoms with van der Waals surface area (Å²) in [6.45, 7) is 29.6. The number of rotatable bonds is 21. The summed E-state index contributed by atoms with van der Waals surface area (Å²) in [5.41, 5.74) is 0. The van der Waals surface area contributed by atoms with Crippen molar-refractivity contribution in [1.29, 1.82) is 0 Å². The van der Waals surface area contributed by atoms with Crippen molar-refractivity contribution in [1.82, 2.24) is 0 Å². The molecule has 0 aromatic carbocycles. The molecule has 330 valence electrons. The van der Waals surface area contributed by atoms with Crippen molar-refractivity contribution in [3.63, 3.8) is 0 Å². The van der Waals surface area contributed by atoms with Crippen LogP contribution < -0.4 is 0 Å².